The maximum atomic E-state index is 12.7. The molecule has 0 aromatic heterocycles. The lowest BCUT2D eigenvalue weighted by molar-refractivity contribution is -0.360. The van der Waals surface area contributed by atoms with E-state index in [0.29, 0.717) is 5.75 Å². The highest BCUT2D eigenvalue weighted by atomic mass is 19.4. The Hall–Kier alpha value is -2.31. The normalized spacial score (nSPS) is 12.1. The van der Waals surface area contributed by atoms with E-state index in [0.717, 1.165) is 17.7 Å². The molecule has 7 heteroatoms. The van der Waals surface area contributed by atoms with Crippen LogP contribution in [-0.4, -0.2) is 12.3 Å². The third-order valence-electron chi connectivity index (χ3n) is 2.63. The van der Waals surface area contributed by atoms with Gasteiger partial charge in [-0.2, -0.15) is 22.0 Å². The zero-order valence-electron chi connectivity index (χ0n) is 11.3. The number of hydrogen-bond acceptors (Lipinski definition) is 2. The molecule has 118 valence electrons. The van der Waals surface area contributed by atoms with Crippen molar-refractivity contribution in [1.29, 1.82) is 0 Å². The zero-order chi connectivity index (χ0) is 16.4. The van der Waals surface area contributed by atoms with E-state index in [2.05, 4.69) is 4.74 Å². The van der Waals surface area contributed by atoms with E-state index < -0.39 is 18.0 Å². The van der Waals surface area contributed by atoms with Crippen LogP contribution in [0.3, 0.4) is 0 Å². The Kier molecular flexibility index (Phi) is 4.25. The molecule has 0 unspecified atom stereocenters. The lowest BCUT2D eigenvalue weighted by atomic mass is 10.2. The van der Waals surface area contributed by atoms with Crippen molar-refractivity contribution in [1.82, 2.24) is 0 Å². The molecule has 0 spiro atoms. The summed E-state index contributed by atoms with van der Waals surface area (Å²) in [6.45, 7) is 1.86. The number of alkyl halides is 5. The van der Waals surface area contributed by atoms with Gasteiger partial charge < -0.3 is 9.47 Å². The maximum Gasteiger partial charge on any atom is 0.499 e. The van der Waals surface area contributed by atoms with Gasteiger partial charge in [0.15, 0.2) is 0 Å². The maximum absolute atomic E-state index is 12.7. The number of hydrogen-bond donors (Lipinski definition) is 0. The molecule has 0 radical (unpaired) electrons. The van der Waals surface area contributed by atoms with Gasteiger partial charge in [-0.15, -0.1) is 0 Å². The summed E-state index contributed by atoms with van der Waals surface area (Å²) in [6.07, 6.45) is -11.0. The van der Waals surface area contributed by atoms with Crippen LogP contribution >= 0.6 is 0 Å². The minimum atomic E-state index is -5.77. The van der Waals surface area contributed by atoms with E-state index in [-0.39, 0.29) is 5.75 Å². The summed E-state index contributed by atoms with van der Waals surface area (Å²) in [5, 5.41) is 0. The summed E-state index contributed by atoms with van der Waals surface area (Å²) in [6, 6.07) is 11.5. The minimum absolute atomic E-state index is 0.285. The highest BCUT2D eigenvalue weighted by Crippen LogP contribution is 2.37. The second-order valence-corrected chi connectivity index (χ2v) is 4.51. The first-order chi connectivity index (χ1) is 10.2. The summed E-state index contributed by atoms with van der Waals surface area (Å²) in [5.41, 5.74) is 0.960. The highest BCUT2D eigenvalue weighted by Gasteiger charge is 2.61. The van der Waals surface area contributed by atoms with Crippen molar-refractivity contribution in [2.24, 2.45) is 0 Å². The summed E-state index contributed by atoms with van der Waals surface area (Å²) in [4.78, 5) is 0. The van der Waals surface area contributed by atoms with Crippen molar-refractivity contribution in [3.63, 3.8) is 0 Å². The van der Waals surface area contributed by atoms with E-state index in [1.165, 1.54) is 12.1 Å². The van der Waals surface area contributed by atoms with Gasteiger partial charge in [0.1, 0.15) is 17.2 Å². The predicted octanol–water partition coefficient (Wildman–Crippen LogP) is 5.32. The van der Waals surface area contributed by atoms with Crippen LogP contribution in [-0.2, 0) is 0 Å². The van der Waals surface area contributed by atoms with Crippen molar-refractivity contribution in [3.8, 4) is 17.2 Å². The molecule has 0 N–H and O–H groups in total. The molecule has 0 aliphatic heterocycles. The molecule has 0 saturated carbocycles. The van der Waals surface area contributed by atoms with Gasteiger partial charge in [-0.25, -0.2) is 0 Å². The van der Waals surface area contributed by atoms with Gasteiger partial charge in [0.25, 0.3) is 0 Å². The fourth-order valence-electron chi connectivity index (χ4n) is 1.60. The molecule has 22 heavy (non-hydrogen) atoms. The van der Waals surface area contributed by atoms with Crippen LogP contribution in [0.2, 0.25) is 0 Å². The summed E-state index contributed by atoms with van der Waals surface area (Å²) in [7, 11) is 0. The van der Waals surface area contributed by atoms with Crippen molar-refractivity contribution in [3.05, 3.63) is 54.1 Å². The standard InChI is InChI=1S/C15H11F5O2/c1-10-3-2-4-13(9-10)21-11-5-7-12(8-6-11)22-15(19,20)14(16,17)18/h2-9H,1H3. The summed E-state index contributed by atoms with van der Waals surface area (Å²) >= 11 is 0. The third kappa shape index (κ3) is 3.87. The SMILES string of the molecule is Cc1cccc(Oc2ccc(OC(F)(F)C(F)(F)F)cc2)c1. The highest BCUT2D eigenvalue weighted by molar-refractivity contribution is 5.36. The average Bonchev–Trinajstić information content (AvgIpc) is 2.39. The van der Waals surface area contributed by atoms with Gasteiger partial charge in [0, 0.05) is 0 Å². The molecule has 0 saturated heterocycles. The first kappa shape index (κ1) is 16.1. The van der Waals surface area contributed by atoms with Gasteiger partial charge in [-0.1, -0.05) is 12.1 Å². The summed E-state index contributed by atoms with van der Waals surface area (Å²) in [5.74, 6) is 0.196. The minimum Gasteiger partial charge on any atom is -0.457 e. The largest absolute Gasteiger partial charge is 0.499 e. The average molecular weight is 318 g/mol. The van der Waals surface area contributed by atoms with Gasteiger partial charge >= 0.3 is 12.3 Å². The van der Waals surface area contributed by atoms with Crippen LogP contribution in [0.5, 0.6) is 17.2 Å². The quantitative estimate of drug-likeness (QED) is 0.710. The van der Waals surface area contributed by atoms with E-state index in [9.17, 15) is 22.0 Å². The molecule has 0 aliphatic rings. The Morgan fingerprint density at radius 3 is 1.91 bits per heavy atom. The zero-order valence-corrected chi connectivity index (χ0v) is 11.3. The molecule has 2 rings (SSSR count). The molecule has 0 bridgehead atoms. The molecule has 0 atom stereocenters. The molecule has 0 aliphatic carbocycles. The van der Waals surface area contributed by atoms with E-state index in [1.54, 1.807) is 18.2 Å². The van der Waals surface area contributed by atoms with Gasteiger partial charge in [0.05, 0.1) is 0 Å². The molecular weight excluding hydrogens is 307 g/mol. The molecule has 0 heterocycles. The number of halogens is 5. The number of rotatable bonds is 4. The summed E-state index contributed by atoms with van der Waals surface area (Å²) < 4.78 is 70.7. The lowest BCUT2D eigenvalue weighted by Crippen LogP contribution is -2.41. The second kappa shape index (κ2) is 5.82. The molecule has 0 fully saturated rings. The van der Waals surface area contributed by atoms with Crippen LogP contribution < -0.4 is 9.47 Å². The van der Waals surface area contributed by atoms with Crippen molar-refractivity contribution in [2.45, 2.75) is 19.2 Å². The Labute approximate surface area is 123 Å². The van der Waals surface area contributed by atoms with Gasteiger partial charge in [-0.05, 0) is 48.9 Å². The van der Waals surface area contributed by atoms with Crippen molar-refractivity contribution >= 4 is 0 Å². The first-order valence-electron chi connectivity index (χ1n) is 6.15. The van der Waals surface area contributed by atoms with Gasteiger partial charge in [-0.3, -0.25) is 0 Å². The van der Waals surface area contributed by atoms with Crippen LogP contribution in [0.1, 0.15) is 5.56 Å². The van der Waals surface area contributed by atoms with Crippen molar-refractivity contribution < 1.29 is 31.4 Å². The smallest absolute Gasteiger partial charge is 0.457 e. The van der Waals surface area contributed by atoms with Crippen LogP contribution in [0.25, 0.3) is 0 Å². The third-order valence-corrected chi connectivity index (χ3v) is 2.63. The Morgan fingerprint density at radius 2 is 1.36 bits per heavy atom. The van der Waals surface area contributed by atoms with Crippen LogP contribution in [0.15, 0.2) is 48.5 Å². The van der Waals surface area contributed by atoms with E-state index in [1.807, 2.05) is 13.0 Å². The molecule has 0 amide bonds. The number of aryl methyl sites for hydroxylation is 1. The monoisotopic (exact) mass is 318 g/mol. The Balaban J connectivity index is 2.08. The topological polar surface area (TPSA) is 18.5 Å². The van der Waals surface area contributed by atoms with E-state index in [4.69, 9.17) is 4.74 Å². The predicted molar refractivity (Wildman–Crippen MR) is 69.3 cm³/mol. The number of benzene rings is 2. The van der Waals surface area contributed by atoms with Crippen molar-refractivity contribution in [2.75, 3.05) is 0 Å². The van der Waals surface area contributed by atoms with Crippen LogP contribution in [0, 0.1) is 6.92 Å². The second-order valence-electron chi connectivity index (χ2n) is 4.51. The Morgan fingerprint density at radius 1 is 0.773 bits per heavy atom. The van der Waals surface area contributed by atoms with Gasteiger partial charge in [0.2, 0.25) is 0 Å². The first-order valence-corrected chi connectivity index (χ1v) is 6.15. The van der Waals surface area contributed by atoms with Crippen LogP contribution in [0.4, 0.5) is 22.0 Å². The fourth-order valence-corrected chi connectivity index (χ4v) is 1.60. The molecule has 2 aromatic rings. The molecule has 2 nitrogen and oxygen atoms in total. The Bertz CT molecular complexity index is 635. The lowest BCUT2D eigenvalue weighted by Gasteiger charge is -2.20. The molecule has 2 aromatic carbocycles. The fraction of sp³-hybridized carbons (Fsp3) is 0.200. The molecular formula is C15H11F5O2. The van der Waals surface area contributed by atoms with E-state index >= 15 is 0 Å². The number of ether oxygens (including phenoxy) is 2.